The Morgan fingerprint density at radius 3 is 2.03 bits per heavy atom. The van der Waals surface area contributed by atoms with Crippen LogP contribution in [-0.4, -0.2) is 65.1 Å². The molecule has 0 aromatic heterocycles. The second-order valence-corrected chi connectivity index (χ2v) is 9.90. The van der Waals surface area contributed by atoms with Crippen LogP contribution in [0.3, 0.4) is 0 Å². The van der Waals surface area contributed by atoms with Crippen LogP contribution < -0.4 is 16.0 Å². The number of amides is 3. The van der Waals surface area contributed by atoms with Crippen molar-refractivity contribution in [3.05, 3.63) is 35.9 Å². The Kier molecular flexibility index (Phi) is 11.0. The Labute approximate surface area is 205 Å². The molecule has 3 atom stereocenters. The van der Waals surface area contributed by atoms with Crippen molar-refractivity contribution in [3.8, 4) is 0 Å². The van der Waals surface area contributed by atoms with Gasteiger partial charge < -0.3 is 35.3 Å². The van der Waals surface area contributed by atoms with Crippen molar-refractivity contribution in [1.29, 1.82) is 0 Å². The molecule has 0 aliphatic carbocycles. The molecular weight excluding hydrogens is 458 g/mol. The first-order valence-electron chi connectivity index (χ1n) is 11.2. The summed E-state index contributed by atoms with van der Waals surface area (Å²) in [6, 6.07) is 6.21. The normalized spacial score (nSPS) is 14.1. The molecule has 1 rings (SSSR count). The summed E-state index contributed by atoms with van der Waals surface area (Å²) < 4.78 is 16.1. The van der Waals surface area contributed by atoms with Gasteiger partial charge in [-0.3, -0.25) is 4.79 Å². The molecule has 1 aromatic rings. The maximum absolute atomic E-state index is 13.0. The summed E-state index contributed by atoms with van der Waals surface area (Å²) in [5, 5.41) is 16.6. The molecule has 0 bridgehead atoms. The molecule has 1 aromatic carbocycles. The zero-order valence-corrected chi connectivity index (χ0v) is 21.3. The quantitative estimate of drug-likeness (QED) is 0.386. The second-order valence-electron chi connectivity index (χ2n) is 9.90. The number of ether oxygens (including phenoxy) is 3. The van der Waals surface area contributed by atoms with Gasteiger partial charge in [0.1, 0.15) is 24.3 Å². The minimum atomic E-state index is -1.48. The zero-order valence-electron chi connectivity index (χ0n) is 21.3. The molecule has 0 spiro atoms. The molecule has 0 saturated heterocycles. The topological polar surface area (TPSA) is 152 Å². The smallest absolute Gasteiger partial charge is 0.408 e. The first-order chi connectivity index (χ1) is 16.1. The van der Waals surface area contributed by atoms with Crippen LogP contribution in [0.15, 0.2) is 30.3 Å². The second kappa shape index (κ2) is 12.9. The fraction of sp³-hybridized carbons (Fsp3) is 0.583. The molecule has 0 aliphatic rings. The number of carbonyl (C=O) groups excluding carboxylic acids is 3. The fourth-order valence-electron chi connectivity index (χ4n) is 2.87. The highest BCUT2D eigenvalue weighted by Gasteiger charge is 2.34. The lowest BCUT2D eigenvalue weighted by molar-refractivity contribution is -0.143. The average Bonchev–Trinajstić information content (AvgIpc) is 2.71. The largest absolute Gasteiger partial charge is 0.480 e. The van der Waals surface area contributed by atoms with Crippen molar-refractivity contribution in [2.24, 2.45) is 0 Å². The molecular formula is C24H37N3O8. The van der Waals surface area contributed by atoms with E-state index in [1.165, 1.54) is 0 Å². The van der Waals surface area contributed by atoms with E-state index in [0.29, 0.717) is 0 Å². The number of hydrogen-bond donors (Lipinski definition) is 4. The lowest BCUT2D eigenvalue weighted by Crippen LogP contribution is -2.59. The molecule has 0 heterocycles. The van der Waals surface area contributed by atoms with E-state index in [0.717, 1.165) is 5.56 Å². The highest BCUT2D eigenvalue weighted by atomic mass is 16.6. The summed E-state index contributed by atoms with van der Waals surface area (Å²) in [4.78, 5) is 49.0. The number of nitrogens with one attached hydrogen (secondary N) is 3. The van der Waals surface area contributed by atoms with Crippen LogP contribution >= 0.6 is 0 Å². The lowest BCUT2D eigenvalue weighted by Gasteiger charge is -2.31. The summed E-state index contributed by atoms with van der Waals surface area (Å²) in [5.41, 5.74) is -0.680. The number of benzene rings is 1. The van der Waals surface area contributed by atoms with Crippen LogP contribution in [0.4, 0.5) is 9.59 Å². The van der Waals surface area contributed by atoms with Crippen LogP contribution in [0, 0.1) is 0 Å². The van der Waals surface area contributed by atoms with E-state index in [-0.39, 0.29) is 6.61 Å². The third kappa shape index (κ3) is 12.6. The summed E-state index contributed by atoms with van der Waals surface area (Å²) in [6.45, 7) is 11.4. The van der Waals surface area contributed by atoms with Crippen molar-refractivity contribution < 1.29 is 38.5 Å². The Bertz CT molecular complexity index is 862. The Hall–Kier alpha value is -3.34. The van der Waals surface area contributed by atoms with Gasteiger partial charge in [-0.05, 0) is 54.0 Å². The molecule has 11 heteroatoms. The van der Waals surface area contributed by atoms with E-state index in [1.54, 1.807) is 72.7 Å². The lowest BCUT2D eigenvalue weighted by atomic mass is 10.1. The number of alkyl carbamates (subject to hydrolysis) is 2. The number of aliphatic carboxylic acids is 1. The van der Waals surface area contributed by atoms with E-state index >= 15 is 0 Å². The highest BCUT2D eigenvalue weighted by Crippen LogP contribution is 2.14. The molecule has 1 unspecified atom stereocenters. The maximum Gasteiger partial charge on any atom is 0.408 e. The van der Waals surface area contributed by atoms with E-state index in [4.69, 9.17) is 14.2 Å². The number of carboxylic acid groups (broad SMARTS) is 1. The Balaban J connectivity index is 2.88. The predicted molar refractivity (Wildman–Crippen MR) is 128 cm³/mol. The molecule has 35 heavy (non-hydrogen) atoms. The molecule has 0 aliphatic heterocycles. The van der Waals surface area contributed by atoms with Crippen LogP contribution in [0.1, 0.15) is 54.0 Å². The van der Waals surface area contributed by atoms with Gasteiger partial charge in [-0.15, -0.1) is 0 Å². The third-order valence-electron chi connectivity index (χ3n) is 4.24. The monoisotopic (exact) mass is 495 g/mol. The third-order valence-corrected chi connectivity index (χ3v) is 4.24. The first-order valence-corrected chi connectivity index (χ1v) is 11.2. The number of carboxylic acids is 1. The van der Waals surface area contributed by atoms with Gasteiger partial charge in [-0.25, -0.2) is 14.4 Å². The molecule has 3 amide bonds. The van der Waals surface area contributed by atoms with Gasteiger partial charge in [0.25, 0.3) is 0 Å². The molecule has 0 radical (unpaired) electrons. The molecule has 196 valence electrons. The first kappa shape index (κ1) is 29.7. The summed E-state index contributed by atoms with van der Waals surface area (Å²) in [6.07, 6.45) is -2.55. The minimum absolute atomic E-state index is 0.0208. The van der Waals surface area contributed by atoms with Crippen molar-refractivity contribution in [2.45, 2.75) is 84.5 Å². The van der Waals surface area contributed by atoms with Crippen LogP contribution in [-0.2, 0) is 30.4 Å². The van der Waals surface area contributed by atoms with Crippen molar-refractivity contribution in [3.63, 3.8) is 0 Å². The summed E-state index contributed by atoms with van der Waals surface area (Å²) in [5.74, 6) is -2.21. The Morgan fingerprint density at radius 1 is 0.914 bits per heavy atom. The van der Waals surface area contributed by atoms with E-state index in [1.807, 2.05) is 6.07 Å². The van der Waals surface area contributed by atoms with Gasteiger partial charge in [0.15, 0.2) is 0 Å². The van der Waals surface area contributed by atoms with Gasteiger partial charge in [0.05, 0.1) is 18.2 Å². The van der Waals surface area contributed by atoms with Crippen molar-refractivity contribution >= 4 is 24.1 Å². The number of hydrogen-bond acceptors (Lipinski definition) is 7. The predicted octanol–water partition coefficient (Wildman–Crippen LogP) is 2.58. The van der Waals surface area contributed by atoms with Crippen molar-refractivity contribution in [2.75, 3.05) is 6.54 Å². The molecule has 4 N–H and O–H groups in total. The van der Waals surface area contributed by atoms with Crippen LogP contribution in [0.25, 0.3) is 0 Å². The maximum atomic E-state index is 13.0. The van der Waals surface area contributed by atoms with Crippen molar-refractivity contribution in [1.82, 2.24) is 16.0 Å². The molecule has 11 nitrogen and oxygen atoms in total. The van der Waals surface area contributed by atoms with E-state index in [9.17, 15) is 24.3 Å². The summed E-state index contributed by atoms with van der Waals surface area (Å²) >= 11 is 0. The standard InChI is InChI=1S/C24H37N3O8/c1-15(34-23(2,3)4)18(27-22(32)33-14-16-11-9-8-10-12-16)19(28)26-17(20(29)30)13-25-21(31)35-24(5,6)7/h8-12,15,17-18H,13-14H2,1-7H3,(H,25,31)(H,26,28)(H,27,32)(H,29,30)/t15-,17+,18?/m0/s1. The molecule has 0 saturated carbocycles. The summed E-state index contributed by atoms with van der Waals surface area (Å²) in [7, 11) is 0. The van der Waals surface area contributed by atoms with E-state index in [2.05, 4.69) is 16.0 Å². The van der Waals surface area contributed by atoms with E-state index < -0.39 is 60.0 Å². The van der Waals surface area contributed by atoms with Crippen LogP contribution in [0.2, 0.25) is 0 Å². The van der Waals surface area contributed by atoms with Gasteiger partial charge in [0, 0.05) is 0 Å². The highest BCUT2D eigenvalue weighted by molar-refractivity contribution is 5.90. The zero-order chi connectivity index (χ0) is 26.8. The molecule has 0 fully saturated rings. The average molecular weight is 496 g/mol. The van der Waals surface area contributed by atoms with Gasteiger partial charge in [-0.1, -0.05) is 30.3 Å². The Morgan fingerprint density at radius 2 is 1.51 bits per heavy atom. The van der Waals surface area contributed by atoms with Gasteiger partial charge >= 0.3 is 18.2 Å². The SMILES string of the molecule is C[C@H](OC(C)(C)C)C(NC(=O)OCc1ccccc1)C(=O)N[C@H](CNC(=O)OC(C)(C)C)C(=O)O. The minimum Gasteiger partial charge on any atom is -0.480 e. The van der Waals surface area contributed by atoms with Crippen LogP contribution in [0.5, 0.6) is 0 Å². The number of carbonyl (C=O) groups is 4. The number of rotatable bonds is 10. The fourth-order valence-corrected chi connectivity index (χ4v) is 2.87. The van der Waals surface area contributed by atoms with Gasteiger partial charge in [-0.2, -0.15) is 0 Å². The van der Waals surface area contributed by atoms with Gasteiger partial charge in [0.2, 0.25) is 5.91 Å².